The number of nitrogens with zero attached hydrogens (tertiary/aromatic N) is 1. The van der Waals surface area contributed by atoms with Gasteiger partial charge in [-0.3, -0.25) is 9.59 Å². The van der Waals surface area contributed by atoms with E-state index in [4.69, 9.17) is 28.3 Å². The lowest BCUT2D eigenvalue weighted by Crippen LogP contribution is -2.58. The first-order valence-electron chi connectivity index (χ1n) is 8.83. The number of sulfonamides is 1. The van der Waals surface area contributed by atoms with E-state index in [0.29, 0.717) is 5.56 Å². The summed E-state index contributed by atoms with van der Waals surface area (Å²) < 4.78 is 40.0. The van der Waals surface area contributed by atoms with Gasteiger partial charge in [0.15, 0.2) is 0 Å². The predicted octanol–water partition coefficient (Wildman–Crippen LogP) is 3.23. The highest BCUT2D eigenvalue weighted by atomic mass is 35.5. The summed E-state index contributed by atoms with van der Waals surface area (Å²) in [4.78, 5) is 23.8. The zero-order valence-electron chi connectivity index (χ0n) is 15.4. The Hall–Kier alpha value is -2.20. The van der Waals surface area contributed by atoms with Gasteiger partial charge >= 0.3 is 5.97 Å². The Morgan fingerprint density at radius 2 is 1.77 bits per heavy atom. The van der Waals surface area contributed by atoms with Crippen molar-refractivity contribution in [1.82, 2.24) is 9.62 Å². The van der Waals surface area contributed by atoms with Crippen LogP contribution in [-0.4, -0.2) is 42.3 Å². The average Bonchev–Trinajstić information content (AvgIpc) is 2.59. The van der Waals surface area contributed by atoms with Gasteiger partial charge < -0.3 is 10.4 Å². The van der Waals surface area contributed by atoms with Gasteiger partial charge in [0.1, 0.15) is 11.9 Å². The molecule has 0 saturated carbocycles. The van der Waals surface area contributed by atoms with E-state index in [-0.39, 0.29) is 27.9 Å². The molecule has 0 bridgehead atoms. The molecule has 1 saturated heterocycles. The SMILES string of the molecule is O=C(O)C[C@@H](NC(=O)[C@@H]1CCN1S(=O)(=O)c1cc(Cl)cc(Cl)c1)c1ccc(F)cc1. The lowest BCUT2D eigenvalue weighted by atomic mass is 10.0. The summed E-state index contributed by atoms with van der Waals surface area (Å²) >= 11 is 11.8. The molecule has 2 aromatic carbocycles. The second-order valence-corrected chi connectivity index (χ2v) is 9.50. The van der Waals surface area contributed by atoms with E-state index in [1.807, 2.05) is 0 Å². The second-order valence-electron chi connectivity index (χ2n) is 6.74. The molecular formula is C19H17Cl2FN2O5S. The minimum absolute atomic E-state index is 0.116. The van der Waals surface area contributed by atoms with E-state index in [9.17, 15) is 22.4 Å². The Morgan fingerprint density at radius 1 is 1.17 bits per heavy atom. The largest absolute Gasteiger partial charge is 0.481 e. The van der Waals surface area contributed by atoms with Crippen LogP contribution in [0.2, 0.25) is 10.0 Å². The molecule has 1 amide bonds. The summed E-state index contributed by atoms with van der Waals surface area (Å²) in [6, 6.07) is 6.95. The number of amides is 1. The topological polar surface area (TPSA) is 104 Å². The standard InChI is InChI=1S/C19H17Cl2FN2O5S/c20-12-7-13(21)9-15(8-12)30(28,29)24-6-5-17(24)19(27)23-16(10-18(25)26)11-1-3-14(22)4-2-11/h1-4,7-9,16-17H,5-6,10H2,(H,23,27)(H,25,26)/t16-,17+/m1/s1. The van der Waals surface area contributed by atoms with Gasteiger partial charge in [-0.05, 0) is 42.3 Å². The molecule has 0 aromatic heterocycles. The first-order chi connectivity index (χ1) is 14.1. The van der Waals surface area contributed by atoms with Crippen LogP contribution in [0.4, 0.5) is 4.39 Å². The summed E-state index contributed by atoms with van der Waals surface area (Å²) in [5.74, 6) is -2.32. The van der Waals surface area contributed by atoms with Gasteiger partial charge in [-0.1, -0.05) is 35.3 Å². The zero-order chi connectivity index (χ0) is 22.1. The third-order valence-electron chi connectivity index (χ3n) is 4.68. The Kier molecular flexibility index (Phi) is 6.66. The maximum atomic E-state index is 13.2. The summed E-state index contributed by atoms with van der Waals surface area (Å²) in [6.07, 6.45) is -0.177. The fourth-order valence-electron chi connectivity index (χ4n) is 3.12. The number of rotatable bonds is 7. The smallest absolute Gasteiger partial charge is 0.305 e. The van der Waals surface area contributed by atoms with E-state index in [2.05, 4.69) is 5.32 Å². The maximum absolute atomic E-state index is 13.2. The van der Waals surface area contributed by atoms with Crippen LogP contribution in [-0.2, 0) is 19.6 Å². The molecule has 7 nitrogen and oxygen atoms in total. The summed E-state index contributed by atoms with van der Waals surface area (Å²) in [7, 11) is -4.03. The number of carbonyl (C=O) groups excluding carboxylic acids is 1. The molecule has 3 rings (SSSR count). The second kappa shape index (κ2) is 8.89. The minimum Gasteiger partial charge on any atom is -0.481 e. The highest BCUT2D eigenvalue weighted by Gasteiger charge is 2.43. The van der Waals surface area contributed by atoms with Gasteiger partial charge in [-0.2, -0.15) is 4.31 Å². The fraction of sp³-hybridized carbons (Fsp3) is 0.263. The number of hydrogen-bond donors (Lipinski definition) is 2. The van der Waals surface area contributed by atoms with Crippen molar-refractivity contribution < 1.29 is 27.5 Å². The van der Waals surface area contributed by atoms with Crippen molar-refractivity contribution in [2.75, 3.05) is 6.54 Å². The molecule has 160 valence electrons. The fourth-order valence-corrected chi connectivity index (χ4v) is 5.48. The van der Waals surface area contributed by atoms with E-state index >= 15 is 0 Å². The van der Waals surface area contributed by atoms with E-state index < -0.39 is 46.2 Å². The lowest BCUT2D eigenvalue weighted by Gasteiger charge is -2.39. The molecule has 11 heteroatoms. The van der Waals surface area contributed by atoms with Gasteiger partial charge in [0.2, 0.25) is 15.9 Å². The van der Waals surface area contributed by atoms with Gasteiger partial charge in [0.25, 0.3) is 0 Å². The summed E-state index contributed by atoms with van der Waals surface area (Å²) in [6.45, 7) is 0.116. The van der Waals surface area contributed by atoms with Crippen molar-refractivity contribution in [2.45, 2.75) is 29.8 Å². The van der Waals surface area contributed by atoms with Gasteiger partial charge in [0, 0.05) is 16.6 Å². The first kappa shape index (κ1) is 22.5. The van der Waals surface area contributed by atoms with Crippen LogP contribution in [0.3, 0.4) is 0 Å². The third kappa shape index (κ3) is 4.92. The number of carbonyl (C=O) groups is 2. The molecule has 0 unspecified atom stereocenters. The Bertz CT molecular complexity index is 1060. The monoisotopic (exact) mass is 474 g/mol. The van der Waals surface area contributed by atoms with Crippen molar-refractivity contribution in [3.63, 3.8) is 0 Å². The van der Waals surface area contributed by atoms with Crippen LogP contribution >= 0.6 is 23.2 Å². The predicted molar refractivity (Wildman–Crippen MR) is 108 cm³/mol. The highest BCUT2D eigenvalue weighted by molar-refractivity contribution is 7.89. The molecule has 0 aliphatic carbocycles. The zero-order valence-corrected chi connectivity index (χ0v) is 17.7. The van der Waals surface area contributed by atoms with Crippen LogP contribution in [0.15, 0.2) is 47.4 Å². The van der Waals surface area contributed by atoms with Gasteiger partial charge in [-0.15, -0.1) is 0 Å². The molecule has 1 heterocycles. The molecule has 1 aliphatic rings. The maximum Gasteiger partial charge on any atom is 0.305 e. The highest BCUT2D eigenvalue weighted by Crippen LogP contribution is 2.31. The van der Waals surface area contributed by atoms with Crippen LogP contribution in [0, 0.1) is 5.82 Å². The van der Waals surface area contributed by atoms with Crippen molar-refractivity contribution in [1.29, 1.82) is 0 Å². The van der Waals surface area contributed by atoms with Crippen molar-refractivity contribution in [3.05, 3.63) is 63.9 Å². The van der Waals surface area contributed by atoms with Crippen molar-refractivity contribution >= 4 is 45.1 Å². The third-order valence-corrected chi connectivity index (χ3v) is 7.01. The lowest BCUT2D eigenvalue weighted by molar-refractivity contribution is -0.138. The molecule has 2 atom stereocenters. The summed E-state index contributed by atoms with van der Waals surface area (Å²) in [5, 5.41) is 12.0. The molecule has 1 aliphatic heterocycles. The Labute approximate surface area is 182 Å². The molecule has 0 radical (unpaired) electrons. The molecule has 2 N–H and O–H groups in total. The first-order valence-corrected chi connectivity index (χ1v) is 11.0. The molecular weight excluding hydrogens is 458 g/mol. The molecule has 2 aromatic rings. The van der Waals surface area contributed by atoms with E-state index in [1.165, 1.54) is 30.3 Å². The van der Waals surface area contributed by atoms with E-state index in [0.717, 1.165) is 16.4 Å². The minimum atomic E-state index is -4.03. The van der Waals surface area contributed by atoms with Gasteiger partial charge in [-0.25, -0.2) is 12.8 Å². The summed E-state index contributed by atoms with van der Waals surface area (Å²) in [5.41, 5.74) is 0.391. The Balaban J connectivity index is 1.80. The quantitative estimate of drug-likeness (QED) is 0.640. The number of carboxylic acids is 1. The average molecular weight is 475 g/mol. The normalized spacial score (nSPS) is 17.8. The molecule has 0 spiro atoms. The van der Waals surface area contributed by atoms with Crippen LogP contribution in [0.1, 0.15) is 24.4 Å². The molecule has 1 fully saturated rings. The van der Waals surface area contributed by atoms with Crippen molar-refractivity contribution in [3.8, 4) is 0 Å². The van der Waals surface area contributed by atoms with Crippen LogP contribution < -0.4 is 5.32 Å². The van der Waals surface area contributed by atoms with Crippen LogP contribution in [0.5, 0.6) is 0 Å². The van der Waals surface area contributed by atoms with Crippen LogP contribution in [0.25, 0.3) is 0 Å². The molecule has 30 heavy (non-hydrogen) atoms. The van der Waals surface area contributed by atoms with E-state index in [1.54, 1.807) is 0 Å². The Morgan fingerprint density at radius 3 is 2.27 bits per heavy atom. The van der Waals surface area contributed by atoms with Crippen molar-refractivity contribution in [2.24, 2.45) is 0 Å². The van der Waals surface area contributed by atoms with Gasteiger partial charge in [0.05, 0.1) is 17.4 Å². The number of carboxylic acid groups (broad SMARTS) is 1. The number of benzene rings is 2. The number of aliphatic carboxylic acids is 1. The number of halogens is 3. The number of nitrogens with one attached hydrogen (secondary N) is 1. The number of hydrogen-bond acceptors (Lipinski definition) is 4.